The molecule has 0 atom stereocenters. The number of hydrogen-bond donors (Lipinski definition) is 0. The van der Waals surface area contributed by atoms with Crippen molar-refractivity contribution in [2.24, 2.45) is 0 Å². The molecule has 0 radical (unpaired) electrons. The lowest BCUT2D eigenvalue weighted by atomic mass is 10.3. The summed E-state index contributed by atoms with van der Waals surface area (Å²) in [5, 5.41) is 1.15. The number of hydrogen-bond acceptors (Lipinski definition) is 2. The lowest BCUT2D eigenvalue weighted by Gasteiger charge is -2.01. The first-order chi connectivity index (χ1) is 7.28. The van der Waals surface area contributed by atoms with Crippen LogP contribution < -0.4 is 4.74 Å². The summed E-state index contributed by atoms with van der Waals surface area (Å²) in [6, 6.07) is 9.27. The number of rotatable bonds is 2. The van der Waals surface area contributed by atoms with E-state index in [-0.39, 0.29) is 5.82 Å². The van der Waals surface area contributed by atoms with Crippen molar-refractivity contribution in [3.8, 4) is 10.8 Å². The summed E-state index contributed by atoms with van der Waals surface area (Å²) < 4.78 is 18.2. The minimum absolute atomic E-state index is 0.338. The Balaban J connectivity index is 2.19. The lowest BCUT2D eigenvalue weighted by Crippen LogP contribution is -1.81. The third-order valence-corrected chi connectivity index (χ3v) is 2.55. The fourth-order valence-electron chi connectivity index (χ4n) is 1.07. The van der Waals surface area contributed by atoms with Crippen LogP contribution in [-0.4, -0.2) is 0 Å². The Bertz CT molecular complexity index is 515. The highest BCUT2D eigenvalue weighted by Gasteiger charge is 2.02. The van der Waals surface area contributed by atoms with E-state index in [4.69, 9.17) is 11.3 Å². The van der Waals surface area contributed by atoms with Crippen LogP contribution in [0.25, 0.3) is 4.85 Å². The van der Waals surface area contributed by atoms with E-state index < -0.39 is 0 Å². The molecule has 2 nitrogen and oxygen atoms in total. The predicted molar refractivity (Wildman–Crippen MR) is 57.1 cm³/mol. The maximum absolute atomic E-state index is 12.8. The topological polar surface area (TPSA) is 13.6 Å². The Morgan fingerprint density at radius 1 is 1.27 bits per heavy atom. The van der Waals surface area contributed by atoms with Crippen molar-refractivity contribution in [1.29, 1.82) is 0 Å². The zero-order valence-electron chi connectivity index (χ0n) is 7.61. The lowest BCUT2D eigenvalue weighted by molar-refractivity contribution is 0.490. The van der Waals surface area contributed by atoms with Crippen molar-refractivity contribution in [3.05, 3.63) is 53.6 Å². The highest BCUT2D eigenvalue weighted by molar-refractivity contribution is 7.17. The van der Waals surface area contributed by atoms with Crippen LogP contribution in [0.5, 0.6) is 10.8 Å². The van der Waals surface area contributed by atoms with Gasteiger partial charge in [0.1, 0.15) is 11.6 Å². The van der Waals surface area contributed by atoms with Crippen molar-refractivity contribution in [2.45, 2.75) is 0 Å². The predicted octanol–water partition coefficient (Wildman–Crippen LogP) is 4.23. The molecule has 0 aliphatic rings. The fraction of sp³-hybridized carbons (Fsp3) is 0. The monoisotopic (exact) mass is 219 g/mol. The minimum atomic E-state index is -0.338. The molecule has 0 aliphatic heterocycles. The second kappa shape index (κ2) is 4.11. The second-order valence-electron chi connectivity index (χ2n) is 2.76. The largest absolute Gasteiger partial charge is 0.448 e. The van der Waals surface area contributed by atoms with Crippen LogP contribution in [0.15, 0.2) is 36.4 Å². The summed E-state index contributed by atoms with van der Waals surface area (Å²) in [5.74, 6) is 0.0999. The van der Waals surface area contributed by atoms with Gasteiger partial charge in [0.15, 0.2) is 5.06 Å². The molecule has 0 bridgehead atoms. The van der Waals surface area contributed by atoms with Crippen molar-refractivity contribution in [2.75, 3.05) is 0 Å². The van der Waals surface area contributed by atoms with E-state index in [2.05, 4.69) is 4.85 Å². The van der Waals surface area contributed by atoms with Crippen LogP contribution >= 0.6 is 11.3 Å². The van der Waals surface area contributed by atoms with Gasteiger partial charge in [0, 0.05) is 6.07 Å². The van der Waals surface area contributed by atoms with Gasteiger partial charge in [0.05, 0.1) is 6.57 Å². The summed E-state index contributed by atoms with van der Waals surface area (Å²) >= 11 is 1.23. The van der Waals surface area contributed by atoms with Crippen LogP contribution in [0.1, 0.15) is 0 Å². The maximum Gasteiger partial charge on any atom is 0.244 e. The molecule has 0 fully saturated rings. The van der Waals surface area contributed by atoms with Crippen LogP contribution in [0.2, 0.25) is 0 Å². The standard InChI is InChI=1S/C11H6FNOS/c1-13-10-5-6-11(15-10)14-9-4-2-3-8(12)7-9/h2-7H. The third kappa shape index (κ3) is 2.33. The Hall–Kier alpha value is -1.86. The van der Waals surface area contributed by atoms with Gasteiger partial charge in [-0.3, -0.25) is 0 Å². The molecular weight excluding hydrogens is 213 g/mol. The smallest absolute Gasteiger partial charge is 0.244 e. The van der Waals surface area contributed by atoms with Gasteiger partial charge in [-0.2, -0.15) is 0 Å². The van der Waals surface area contributed by atoms with E-state index in [1.165, 1.54) is 23.5 Å². The Kier molecular flexibility index (Phi) is 2.66. The van der Waals surface area contributed by atoms with E-state index in [0.717, 1.165) is 0 Å². The molecule has 2 rings (SSSR count). The number of nitrogens with zero attached hydrogens (tertiary/aromatic N) is 1. The molecule has 15 heavy (non-hydrogen) atoms. The minimum Gasteiger partial charge on any atom is -0.448 e. The summed E-state index contributed by atoms with van der Waals surface area (Å²) in [6.45, 7) is 6.79. The molecule has 0 saturated carbocycles. The SMILES string of the molecule is [C-]#[N+]c1ccc(Oc2cccc(F)c2)s1. The van der Waals surface area contributed by atoms with Gasteiger partial charge in [0.25, 0.3) is 0 Å². The van der Waals surface area contributed by atoms with Crippen molar-refractivity contribution < 1.29 is 9.13 Å². The summed E-state index contributed by atoms with van der Waals surface area (Å²) in [5.41, 5.74) is 0. The third-order valence-electron chi connectivity index (χ3n) is 1.69. The van der Waals surface area contributed by atoms with E-state index >= 15 is 0 Å². The van der Waals surface area contributed by atoms with Gasteiger partial charge in [-0.1, -0.05) is 6.07 Å². The molecule has 0 N–H and O–H groups in total. The number of halogens is 1. The molecule has 1 aromatic carbocycles. The van der Waals surface area contributed by atoms with Gasteiger partial charge in [-0.25, -0.2) is 9.24 Å². The average Bonchev–Trinajstić information content (AvgIpc) is 2.65. The maximum atomic E-state index is 12.8. The summed E-state index contributed by atoms with van der Waals surface area (Å²) in [4.78, 5) is 3.26. The van der Waals surface area contributed by atoms with Crippen LogP contribution in [0.4, 0.5) is 9.39 Å². The van der Waals surface area contributed by atoms with Gasteiger partial charge in [0.2, 0.25) is 5.00 Å². The first-order valence-corrected chi connectivity index (χ1v) is 5.00. The molecule has 0 unspecified atom stereocenters. The summed E-state index contributed by atoms with van der Waals surface area (Å²) in [6.07, 6.45) is 0. The van der Waals surface area contributed by atoms with Crippen molar-refractivity contribution >= 4 is 16.3 Å². The fourth-order valence-corrected chi connectivity index (χ4v) is 1.73. The molecule has 74 valence electrons. The first-order valence-electron chi connectivity index (χ1n) is 4.18. The highest BCUT2D eigenvalue weighted by Crippen LogP contribution is 2.34. The molecule has 4 heteroatoms. The van der Waals surface area contributed by atoms with Gasteiger partial charge >= 0.3 is 0 Å². The molecule has 1 heterocycles. The molecule has 2 aromatic rings. The Morgan fingerprint density at radius 2 is 2.13 bits per heavy atom. The van der Waals surface area contributed by atoms with E-state index in [0.29, 0.717) is 15.8 Å². The van der Waals surface area contributed by atoms with Gasteiger partial charge < -0.3 is 4.74 Å². The first kappa shape index (κ1) is 9.69. The Morgan fingerprint density at radius 3 is 2.80 bits per heavy atom. The van der Waals surface area contributed by atoms with Crippen LogP contribution in [0.3, 0.4) is 0 Å². The van der Waals surface area contributed by atoms with Crippen molar-refractivity contribution in [3.63, 3.8) is 0 Å². The molecule has 0 amide bonds. The van der Waals surface area contributed by atoms with Crippen LogP contribution in [0, 0.1) is 12.4 Å². The summed E-state index contributed by atoms with van der Waals surface area (Å²) in [7, 11) is 0. The molecule has 1 aromatic heterocycles. The zero-order valence-corrected chi connectivity index (χ0v) is 8.42. The molecular formula is C11H6FNOS. The van der Waals surface area contributed by atoms with Crippen LogP contribution in [-0.2, 0) is 0 Å². The zero-order chi connectivity index (χ0) is 10.7. The van der Waals surface area contributed by atoms with E-state index in [1.807, 2.05) is 0 Å². The molecule has 0 aliphatic carbocycles. The quantitative estimate of drug-likeness (QED) is 0.689. The number of ether oxygens (including phenoxy) is 1. The second-order valence-corrected chi connectivity index (χ2v) is 3.79. The Labute approximate surface area is 90.4 Å². The normalized spacial score (nSPS) is 9.60. The van der Waals surface area contributed by atoms with Gasteiger partial charge in [-0.05, 0) is 24.3 Å². The van der Waals surface area contributed by atoms with E-state index in [9.17, 15) is 4.39 Å². The number of thiophene rings is 1. The molecule has 0 spiro atoms. The number of benzene rings is 1. The molecule has 0 saturated heterocycles. The average molecular weight is 219 g/mol. The highest BCUT2D eigenvalue weighted by atomic mass is 32.1. The van der Waals surface area contributed by atoms with Gasteiger partial charge in [-0.15, -0.1) is 11.3 Å². The van der Waals surface area contributed by atoms with E-state index in [1.54, 1.807) is 24.3 Å². The van der Waals surface area contributed by atoms with Crippen molar-refractivity contribution in [1.82, 2.24) is 0 Å².